The average Bonchev–Trinajstić information content (AvgIpc) is 3.27. The summed E-state index contributed by atoms with van der Waals surface area (Å²) < 4.78 is 0. The summed E-state index contributed by atoms with van der Waals surface area (Å²) in [7, 11) is 3.83. The Morgan fingerprint density at radius 2 is 1.96 bits per heavy atom. The molecular formula is C23H29N3O2. The van der Waals surface area contributed by atoms with Crippen molar-refractivity contribution in [2.24, 2.45) is 11.8 Å². The Kier molecular flexibility index (Phi) is 4.22. The summed E-state index contributed by atoms with van der Waals surface area (Å²) in [5.41, 5.74) is 4.66. The third-order valence-electron chi connectivity index (χ3n) is 7.40. The van der Waals surface area contributed by atoms with Crippen LogP contribution < -0.4 is 0 Å². The first-order valence-electron chi connectivity index (χ1n) is 10.7. The van der Waals surface area contributed by atoms with Gasteiger partial charge in [-0.05, 0) is 68.1 Å². The zero-order chi connectivity index (χ0) is 19.4. The highest BCUT2D eigenvalue weighted by atomic mass is 16.2. The molecule has 2 aliphatic carbocycles. The lowest BCUT2D eigenvalue weighted by molar-refractivity contribution is -0.134. The van der Waals surface area contributed by atoms with Crippen LogP contribution in [0, 0.1) is 11.8 Å². The Bertz CT molecular complexity index is 947. The Morgan fingerprint density at radius 3 is 2.82 bits per heavy atom. The largest absolute Gasteiger partial charge is 0.358 e. The van der Waals surface area contributed by atoms with Crippen molar-refractivity contribution in [2.45, 2.75) is 51.0 Å². The predicted molar refractivity (Wildman–Crippen MR) is 109 cm³/mol. The molecule has 2 amide bonds. The van der Waals surface area contributed by atoms with Gasteiger partial charge in [0.2, 0.25) is 5.91 Å². The van der Waals surface area contributed by atoms with Gasteiger partial charge < -0.3 is 14.8 Å². The fourth-order valence-electron chi connectivity index (χ4n) is 5.72. The van der Waals surface area contributed by atoms with Crippen molar-refractivity contribution < 1.29 is 9.59 Å². The standard InChI is InChI=1S/C23H29N3O2/c1-25-13-16-10-17(9-15(16)12-22(25)27)26(2)23(28)14-7-8-19-18-5-3-4-6-20(18)24-21(19)11-14/h7-8,11,15-17,24H,3-6,9-10,12-13H2,1-2H3/t15-,16+,17-/m1/s1. The fourth-order valence-corrected chi connectivity index (χ4v) is 5.72. The van der Waals surface area contributed by atoms with Gasteiger partial charge in [0.25, 0.3) is 5.91 Å². The number of benzene rings is 1. The third-order valence-corrected chi connectivity index (χ3v) is 7.40. The van der Waals surface area contributed by atoms with Gasteiger partial charge in [0.1, 0.15) is 0 Å². The maximum absolute atomic E-state index is 13.2. The van der Waals surface area contributed by atoms with Crippen molar-refractivity contribution in [2.75, 3.05) is 20.6 Å². The van der Waals surface area contributed by atoms with Crippen molar-refractivity contribution in [3.8, 4) is 0 Å². The molecule has 5 heteroatoms. The molecule has 1 N–H and O–H groups in total. The zero-order valence-corrected chi connectivity index (χ0v) is 16.8. The lowest BCUT2D eigenvalue weighted by Crippen LogP contribution is -2.39. The molecule has 148 valence electrons. The molecule has 0 radical (unpaired) electrons. The van der Waals surface area contributed by atoms with Gasteiger partial charge in [-0.3, -0.25) is 9.59 Å². The molecule has 1 aromatic carbocycles. The first-order chi connectivity index (χ1) is 13.5. The van der Waals surface area contributed by atoms with Crippen LogP contribution in [0.1, 0.15) is 53.7 Å². The van der Waals surface area contributed by atoms with E-state index in [9.17, 15) is 9.59 Å². The summed E-state index contributed by atoms with van der Waals surface area (Å²) >= 11 is 0. The Morgan fingerprint density at radius 1 is 1.18 bits per heavy atom. The molecule has 3 aliphatic rings. The van der Waals surface area contributed by atoms with E-state index in [2.05, 4.69) is 11.1 Å². The third kappa shape index (κ3) is 2.83. The number of rotatable bonds is 2. The second-order valence-electron chi connectivity index (χ2n) is 9.09. The Hall–Kier alpha value is -2.30. The summed E-state index contributed by atoms with van der Waals surface area (Å²) in [6, 6.07) is 6.38. The number of aryl methyl sites for hydroxylation is 2. The predicted octanol–water partition coefficient (Wildman–Crippen LogP) is 3.38. The number of fused-ring (bicyclic) bond motifs is 4. The van der Waals surface area contributed by atoms with Gasteiger partial charge in [0, 0.05) is 55.3 Å². The minimum Gasteiger partial charge on any atom is -0.358 e. The summed E-state index contributed by atoms with van der Waals surface area (Å²) in [5, 5.41) is 1.28. The van der Waals surface area contributed by atoms with E-state index in [0.717, 1.165) is 43.3 Å². The minimum absolute atomic E-state index is 0.0952. The van der Waals surface area contributed by atoms with Gasteiger partial charge in [0.05, 0.1) is 0 Å². The normalized spacial score (nSPS) is 27.0. The highest BCUT2D eigenvalue weighted by Crippen LogP contribution is 2.40. The molecule has 0 unspecified atom stereocenters. The number of nitrogens with one attached hydrogen (secondary N) is 1. The molecule has 2 heterocycles. The van der Waals surface area contributed by atoms with E-state index in [1.54, 1.807) is 0 Å². The van der Waals surface area contributed by atoms with Crippen LogP contribution in [0.5, 0.6) is 0 Å². The highest BCUT2D eigenvalue weighted by Gasteiger charge is 2.42. The SMILES string of the molecule is CN1C[C@@H]2C[C@H](N(C)C(=O)c3ccc4c5c([nH]c4c3)CCCC5)C[C@@H]2CC1=O. The quantitative estimate of drug-likeness (QED) is 0.870. The number of piperidine rings is 1. The summed E-state index contributed by atoms with van der Waals surface area (Å²) in [5.74, 6) is 1.30. The van der Waals surface area contributed by atoms with Gasteiger partial charge in [0.15, 0.2) is 0 Å². The maximum atomic E-state index is 13.2. The lowest BCUT2D eigenvalue weighted by atomic mass is 9.88. The molecule has 1 saturated heterocycles. The van der Waals surface area contributed by atoms with Crippen molar-refractivity contribution >= 4 is 22.7 Å². The minimum atomic E-state index is 0.0952. The monoisotopic (exact) mass is 379 g/mol. The summed E-state index contributed by atoms with van der Waals surface area (Å²) in [6.45, 7) is 0.835. The fraction of sp³-hybridized carbons (Fsp3) is 0.565. The summed E-state index contributed by atoms with van der Waals surface area (Å²) in [6.07, 6.45) is 7.35. The van der Waals surface area contributed by atoms with Gasteiger partial charge in [-0.2, -0.15) is 0 Å². The Balaban J connectivity index is 1.35. The molecule has 0 bridgehead atoms. The van der Waals surface area contributed by atoms with Crippen LogP contribution >= 0.6 is 0 Å². The van der Waals surface area contributed by atoms with Crippen molar-refractivity contribution in [3.63, 3.8) is 0 Å². The van der Waals surface area contributed by atoms with E-state index < -0.39 is 0 Å². The molecule has 0 spiro atoms. The second-order valence-corrected chi connectivity index (χ2v) is 9.09. The molecule has 3 atom stereocenters. The molecule has 1 aromatic heterocycles. The van der Waals surface area contributed by atoms with Gasteiger partial charge in [-0.15, -0.1) is 0 Å². The number of carbonyl (C=O) groups is 2. The molecule has 5 nitrogen and oxygen atoms in total. The number of likely N-dealkylation sites (tertiary alicyclic amines) is 1. The van der Waals surface area contributed by atoms with E-state index in [1.165, 1.54) is 29.5 Å². The number of hydrogen-bond donors (Lipinski definition) is 1. The molecule has 5 rings (SSSR count). The average molecular weight is 380 g/mol. The Labute approximate surface area is 166 Å². The number of hydrogen-bond acceptors (Lipinski definition) is 2. The van der Waals surface area contributed by atoms with Crippen LogP contribution in [-0.2, 0) is 17.6 Å². The van der Waals surface area contributed by atoms with E-state index in [4.69, 9.17) is 0 Å². The van der Waals surface area contributed by atoms with Crippen LogP contribution in [0.15, 0.2) is 18.2 Å². The number of H-pyrrole nitrogens is 1. The number of carbonyl (C=O) groups excluding carboxylic acids is 2. The van der Waals surface area contributed by atoms with Crippen molar-refractivity contribution in [1.82, 2.24) is 14.8 Å². The molecule has 1 aliphatic heterocycles. The number of aromatic nitrogens is 1. The van der Waals surface area contributed by atoms with Crippen LogP contribution in [0.25, 0.3) is 10.9 Å². The highest BCUT2D eigenvalue weighted by molar-refractivity contribution is 5.99. The second kappa shape index (κ2) is 6.64. The van der Waals surface area contributed by atoms with E-state index in [0.29, 0.717) is 18.3 Å². The number of nitrogens with zero attached hydrogens (tertiary/aromatic N) is 2. The van der Waals surface area contributed by atoms with Gasteiger partial charge in [-0.1, -0.05) is 6.07 Å². The molecule has 1 saturated carbocycles. The first kappa shape index (κ1) is 17.8. The van der Waals surface area contributed by atoms with Crippen LogP contribution in [-0.4, -0.2) is 53.3 Å². The number of aromatic amines is 1. The molecule has 2 fully saturated rings. The molecule has 28 heavy (non-hydrogen) atoms. The smallest absolute Gasteiger partial charge is 0.253 e. The van der Waals surface area contributed by atoms with Crippen LogP contribution in [0.4, 0.5) is 0 Å². The molecular weight excluding hydrogens is 350 g/mol. The van der Waals surface area contributed by atoms with Crippen molar-refractivity contribution in [1.29, 1.82) is 0 Å². The zero-order valence-electron chi connectivity index (χ0n) is 16.8. The van der Waals surface area contributed by atoms with Gasteiger partial charge >= 0.3 is 0 Å². The van der Waals surface area contributed by atoms with E-state index in [-0.39, 0.29) is 17.9 Å². The van der Waals surface area contributed by atoms with Crippen LogP contribution in [0.3, 0.4) is 0 Å². The first-order valence-corrected chi connectivity index (χ1v) is 10.7. The van der Waals surface area contributed by atoms with Crippen molar-refractivity contribution in [3.05, 3.63) is 35.0 Å². The maximum Gasteiger partial charge on any atom is 0.253 e. The number of amides is 2. The summed E-state index contributed by atoms with van der Waals surface area (Å²) in [4.78, 5) is 32.5. The van der Waals surface area contributed by atoms with Gasteiger partial charge in [-0.25, -0.2) is 0 Å². The molecule has 2 aromatic rings. The van der Waals surface area contributed by atoms with Crippen LogP contribution in [0.2, 0.25) is 0 Å². The topological polar surface area (TPSA) is 56.4 Å². The lowest BCUT2D eigenvalue weighted by Gasteiger charge is -2.31. The van der Waals surface area contributed by atoms with E-state index in [1.807, 2.05) is 36.0 Å². The van der Waals surface area contributed by atoms with E-state index >= 15 is 0 Å².